The Hall–Kier alpha value is -3.75. The molecule has 0 saturated carbocycles. The molecule has 0 radical (unpaired) electrons. The zero-order chi connectivity index (χ0) is 23.9. The molecular weight excluding hydrogens is 514 g/mol. The first-order valence-electron chi connectivity index (χ1n) is 10.4. The van der Waals surface area contributed by atoms with Gasteiger partial charge in [-0.05, 0) is 67.4 Å². The maximum Gasteiger partial charge on any atom is 0.276 e. The predicted octanol–water partition coefficient (Wildman–Crippen LogP) is 4.87. The highest BCUT2D eigenvalue weighted by molar-refractivity contribution is 9.10. The number of fused-ring (bicyclic) bond motifs is 2. The van der Waals surface area contributed by atoms with Crippen molar-refractivity contribution in [3.63, 3.8) is 0 Å². The lowest BCUT2D eigenvalue weighted by Crippen LogP contribution is -2.49. The van der Waals surface area contributed by atoms with Crippen LogP contribution in [0.3, 0.4) is 0 Å². The Bertz CT molecular complexity index is 1420. The van der Waals surface area contributed by atoms with Crippen molar-refractivity contribution in [3.8, 4) is 5.75 Å². The van der Waals surface area contributed by atoms with Gasteiger partial charge in [-0.25, -0.2) is 0 Å². The Morgan fingerprint density at radius 1 is 0.853 bits per heavy atom. The van der Waals surface area contributed by atoms with Crippen molar-refractivity contribution >= 4 is 72.7 Å². The van der Waals surface area contributed by atoms with E-state index in [1.165, 1.54) is 6.08 Å². The summed E-state index contributed by atoms with van der Waals surface area (Å²) < 4.78 is 6.37. The number of ether oxygens (including phenoxy) is 1. The second kappa shape index (κ2) is 10.9. The van der Waals surface area contributed by atoms with E-state index in [2.05, 4.69) is 32.1 Å². The van der Waals surface area contributed by atoms with Crippen LogP contribution in [0, 0.1) is 0 Å². The molecule has 0 fully saturated rings. The second-order valence-electron chi connectivity index (χ2n) is 7.28. The fourth-order valence-corrected chi connectivity index (χ4v) is 4.14. The van der Waals surface area contributed by atoms with Gasteiger partial charge in [0.05, 0.1) is 4.47 Å². The van der Waals surface area contributed by atoms with Crippen LogP contribution >= 0.6 is 28.1 Å². The minimum absolute atomic E-state index is 0.0344. The summed E-state index contributed by atoms with van der Waals surface area (Å²) in [4.78, 5) is 24.3. The normalized spacial score (nSPS) is 10.9. The fraction of sp³-hybridized carbons (Fsp3) is 0.0385. The molecule has 0 heterocycles. The molecule has 0 aliphatic rings. The lowest BCUT2D eigenvalue weighted by atomic mass is 10.0. The highest BCUT2D eigenvalue weighted by Crippen LogP contribution is 2.32. The first-order chi connectivity index (χ1) is 16.5. The van der Waals surface area contributed by atoms with Gasteiger partial charge in [-0.2, -0.15) is 0 Å². The predicted molar refractivity (Wildman–Crippen MR) is 142 cm³/mol. The van der Waals surface area contributed by atoms with Crippen LogP contribution in [0.5, 0.6) is 5.75 Å². The lowest BCUT2D eigenvalue weighted by molar-refractivity contribution is -0.123. The van der Waals surface area contributed by atoms with Gasteiger partial charge in [0.25, 0.3) is 5.91 Å². The molecule has 4 aromatic carbocycles. The molecule has 3 N–H and O–H groups in total. The Kier molecular flexibility index (Phi) is 7.51. The molecule has 0 aromatic heterocycles. The van der Waals surface area contributed by atoms with Gasteiger partial charge in [-0.1, -0.05) is 72.8 Å². The SMILES string of the molecule is O=C(C=Cc1cccc2ccccc12)NC(=S)NNC(=O)COc1ccc2ccccc2c1Br. The van der Waals surface area contributed by atoms with Crippen molar-refractivity contribution in [1.82, 2.24) is 16.2 Å². The van der Waals surface area contributed by atoms with E-state index in [4.69, 9.17) is 17.0 Å². The van der Waals surface area contributed by atoms with Crippen LogP contribution in [0.15, 0.2) is 89.4 Å². The molecule has 4 aromatic rings. The van der Waals surface area contributed by atoms with E-state index >= 15 is 0 Å². The molecule has 2 amide bonds. The van der Waals surface area contributed by atoms with Crippen molar-refractivity contribution in [2.24, 2.45) is 0 Å². The maximum absolute atomic E-state index is 12.2. The summed E-state index contributed by atoms with van der Waals surface area (Å²) >= 11 is 8.59. The third-order valence-electron chi connectivity index (χ3n) is 4.98. The second-order valence-corrected chi connectivity index (χ2v) is 8.48. The van der Waals surface area contributed by atoms with Crippen LogP contribution in [0.4, 0.5) is 0 Å². The molecule has 0 aliphatic carbocycles. The van der Waals surface area contributed by atoms with Gasteiger partial charge in [-0.15, -0.1) is 0 Å². The molecule has 4 rings (SSSR count). The van der Waals surface area contributed by atoms with Crippen molar-refractivity contribution in [2.45, 2.75) is 0 Å². The maximum atomic E-state index is 12.2. The van der Waals surface area contributed by atoms with Gasteiger partial charge in [-0.3, -0.25) is 25.8 Å². The number of thiocarbonyl (C=S) groups is 1. The van der Waals surface area contributed by atoms with Crippen LogP contribution in [0.1, 0.15) is 5.56 Å². The molecule has 8 heteroatoms. The molecule has 170 valence electrons. The highest BCUT2D eigenvalue weighted by Gasteiger charge is 2.09. The molecule has 0 saturated heterocycles. The monoisotopic (exact) mass is 533 g/mol. The summed E-state index contributed by atoms with van der Waals surface area (Å²) in [6.07, 6.45) is 3.10. The van der Waals surface area contributed by atoms with Crippen molar-refractivity contribution < 1.29 is 14.3 Å². The number of hydrogen-bond donors (Lipinski definition) is 3. The number of benzene rings is 4. The fourth-order valence-electron chi connectivity index (χ4n) is 3.38. The van der Waals surface area contributed by atoms with E-state index < -0.39 is 11.8 Å². The molecule has 0 unspecified atom stereocenters. The van der Waals surface area contributed by atoms with Crippen molar-refractivity contribution in [1.29, 1.82) is 0 Å². The molecule has 34 heavy (non-hydrogen) atoms. The van der Waals surface area contributed by atoms with E-state index in [0.717, 1.165) is 31.6 Å². The van der Waals surface area contributed by atoms with E-state index in [-0.39, 0.29) is 11.7 Å². The number of hydrogen-bond acceptors (Lipinski definition) is 4. The quantitative estimate of drug-likeness (QED) is 0.194. The highest BCUT2D eigenvalue weighted by atomic mass is 79.9. The van der Waals surface area contributed by atoms with Crippen LogP contribution < -0.4 is 20.9 Å². The van der Waals surface area contributed by atoms with Crippen LogP contribution in [0.25, 0.3) is 27.6 Å². The zero-order valence-corrected chi connectivity index (χ0v) is 20.3. The summed E-state index contributed by atoms with van der Waals surface area (Å²) in [5, 5.41) is 6.63. The van der Waals surface area contributed by atoms with E-state index in [1.807, 2.05) is 72.8 Å². The number of rotatable bonds is 5. The average molecular weight is 534 g/mol. The Morgan fingerprint density at radius 2 is 1.53 bits per heavy atom. The molecule has 0 bridgehead atoms. The van der Waals surface area contributed by atoms with Gasteiger partial charge in [0, 0.05) is 6.08 Å². The largest absolute Gasteiger partial charge is 0.483 e. The van der Waals surface area contributed by atoms with E-state index in [9.17, 15) is 9.59 Å². The molecule has 0 aliphatic heterocycles. The summed E-state index contributed by atoms with van der Waals surface area (Å²) in [5.74, 6) is -0.331. The van der Waals surface area contributed by atoms with Gasteiger partial charge < -0.3 is 4.74 Å². The lowest BCUT2D eigenvalue weighted by Gasteiger charge is -2.12. The Labute approximate surface area is 210 Å². The summed E-state index contributed by atoms with van der Waals surface area (Å²) in [6.45, 7) is -0.235. The first-order valence-corrected chi connectivity index (χ1v) is 11.6. The zero-order valence-electron chi connectivity index (χ0n) is 17.9. The topological polar surface area (TPSA) is 79.5 Å². The summed E-state index contributed by atoms with van der Waals surface area (Å²) in [6, 6.07) is 25.3. The standard InChI is InChI=1S/C26H20BrN3O3S/c27-25-21-11-4-2-7-19(21)12-14-22(25)33-16-24(32)29-30-26(34)28-23(31)15-13-18-9-5-8-17-6-1-3-10-20(17)18/h1-15H,16H2,(H,29,32)(H2,28,30,31,34). The van der Waals surface area contributed by atoms with Crippen molar-refractivity contribution in [3.05, 3.63) is 95.0 Å². The third-order valence-corrected chi connectivity index (χ3v) is 6.00. The number of carbonyl (C=O) groups excluding carboxylic acids is 2. The minimum atomic E-state index is -0.456. The number of carbonyl (C=O) groups is 2. The van der Waals surface area contributed by atoms with E-state index in [1.54, 1.807) is 12.1 Å². The Balaban J connectivity index is 1.25. The minimum Gasteiger partial charge on any atom is -0.483 e. The van der Waals surface area contributed by atoms with Gasteiger partial charge >= 0.3 is 0 Å². The number of nitrogens with one attached hydrogen (secondary N) is 3. The summed E-state index contributed by atoms with van der Waals surface area (Å²) in [7, 11) is 0. The van der Waals surface area contributed by atoms with Gasteiger partial charge in [0.1, 0.15) is 5.75 Å². The van der Waals surface area contributed by atoms with E-state index in [0.29, 0.717) is 5.75 Å². The van der Waals surface area contributed by atoms with Crippen LogP contribution in [-0.2, 0) is 9.59 Å². The first kappa shape index (κ1) is 23.4. The molecule has 6 nitrogen and oxygen atoms in total. The van der Waals surface area contributed by atoms with Crippen LogP contribution in [-0.4, -0.2) is 23.5 Å². The van der Waals surface area contributed by atoms with Crippen molar-refractivity contribution in [2.75, 3.05) is 6.61 Å². The smallest absolute Gasteiger partial charge is 0.276 e. The molecular formula is C26H20BrN3O3S. The molecule has 0 atom stereocenters. The van der Waals surface area contributed by atoms with Crippen LogP contribution in [0.2, 0.25) is 0 Å². The Morgan fingerprint density at radius 3 is 2.32 bits per heavy atom. The summed E-state index contributed by atoms with van der Waals surface area (Å²) in [5.41, 5.74) is 5.81. The van der Waals surface area contributed by atoms with Gasteiger partial charge in [0.15, 0.2) is 11.7 Å². The molecule has 0 spiro atoms. The number of hydrazine groups is 1. The average Bonchev–Trinajstić information content (AvgIpc) is 2.86. The number of amides is 2. The van der Waals surface area contributed by atoms with Gasteiger partial charge in [0.2, 0.25) is 5.91 Å². The number of halogens is 1. The third kappa shape index (κ3) is 5.78.